The predicted molar refractivity (Wildman–Crippen MR) is 79.3 cm³/mol. The van der Waals surface area contributed by atoms with Gasteiger partial charge in [0.2, 0.25) is 0 Å². The third-order valence-corrected chi connectivity index (χ3v) is 2.71. The summed E-state index contributed by atoms with van der Waals surface area (Å²) < 4.78 is 4.92. The van der Waals surface area contributed by atoms with Crippen molar-refractivity contribution in [3.05, 3.63) is 35.4 Å². The fourth-order valence-corrected chi connectivity index (χ4v) is 1.91. The molecule has 0 saturated carbocycles. The van der Waals surface area contributed by atoms with Crippen LogP contribution in [0, 0.1) is 0 Å². The topological polar surface area (TPSA) is 47.0 Å². The number of hydrogen-bond acceptors (Lipinski definition) is 4. The summed E-state index contributed by atoms with van der Waals surface area (Å²) in [4.78, 5) is 8.66. The highest BCUT2D eigenvalue weighted by atomic mass is 35.5. The molecule has 0 aromatic carbocycles. The highest BCUT2D eigenvalue weighted by Crippen LogP contribution is 2.25. The minimum atomic E-state index is 0.282. The lowest BCUT2D eigenvalue weighted by atomic mass is 10.1. The molecular formula is C14H16ClN3O. The van der Waals surface area contributed by atoms with Crippen molar-refractivity contribution in [2.75, 3.05) is 12.4 Å². The minimum absolute atomic E-state index is 0.282. The zero-order valence-corrected chi connectivity index (χ0v) is 11.9. The molecule has 0 aliphatic heterocycles. The van der Waals surface area contributed by atoms with Gasteiger partial charge in [-0.05, 0) is 32.1 Å². The SMILES string of the molecule is CO/C=C/c1cc2cnc(Cl)cc2c(NC(C)C)n1. The van der Waals surface area contributed by atoms with Crippen LogP contribution >= 0.6 is 11.6 Å². The van der Waals surface area contributed by atoms with Crippen LogP contribution in [0.1, 0.15) is 19.5 Å². The number of anilines is 1. The Morgan fingerprint density at radius 2 is 2.16 bits per heavy atom. The zero-order valence-electron chi connectivity index (χ0n) is 11.1. The Hall–Kier alpha value is -1.81. The number of fused-ring (bicyclic) bond motifs is 1. The molecule has 2 aromatic rings. The number of nitrogens with zero attached hydrogens (tertiary/aromatic N) is 2. The molecule has 4 nitrogen and oxygen atoms in total. The number of aromatic nitrogens is 2. The summed E-state index contributed by atoms with van der Waals surface area (Å²) in [6.07, 6.45) is 5.14. The van der Waals surface area contributed by atoms with Gasteiger partial charge in [-0.2, -0.15) is 0 Å². The van der Waals surface area contributed by atoms with Gasteiger partial charge in [-0.1, -0.05) is 11.6 Å². The van der Waals surface area contributed by atoms with Crippen molar-refractivity contribution in [3.63, 3.8) is 0 Å². The number of halogens is 1. The molecule has 2 heterocycles. The number of pyridine rings is 2. The number of nitrogens with one attached hydrogen (secondary N) is 1. The molecule has 100 valence electrons. The van der Waals surface area contributed by atoms with Gasteiger partial charge in [-0.3, -0.25) is 0 Å². The molecule has 0 bridgehead atoms. The van der Waals surface area contributed by atoms with E-state index in [1.807, 2.05) is 12.1 Å². The smallest absolute Gasteiger partial charge is 0.134 e. The predicted octanol–water partition coefficient (Wildman–Crippen LogP) is 3.72. The lowest BCUT2D eigenvalue weighted by Gasteiger charge is -2.13. The van der Waals surface area contributed by atoms with Gasteiger partial charge in [0.25, 0.3) is 0 Å². The van der Waals surface area contributed by atoms with E-state index in [1.165, 1.54) is 0 Å². The van der Waals surface area contributed by atoms with Crippen LogP contribution in [0.15, 0.2) is 24.6 Å². The van der Waals surface area contributed by atoms with E-state index in [0.29, 0.717) is 5.15 Å². The second kappa shape index (κ2) is 5.89. The molecule has 0 atom stereocenters. The van der Waals surface area contributed by atoms with Crippen molar-refractivity contribution in [3.8, 4) is 0 Å². The van der Waals surface area contributed by atoms with Crippen molar-refractivity contribution >= 4 is 34.3 Å². The van der Waals surface area contributed by atoms with E-state index in [9.17, 15) is 0 Å². The highest BCUT2D eigenvalue weighted by Gasteiger charge is 2.07. The number of ether oxygens (including phenoxy) is 1. The quantitative estimate of drug-likeness (QED) is 0.683. The Labute approximate surface area is 117 Å². The summed E-state index contributed by atoms with van der Waals surface area (Å²) in [5, 5.41) is 5.72. The molecule has 0 aliphatic rings. The van der Waals surface area contributed by atoms with Crippen LogP contribution in [0.2, 0.25) is 5.15 Å². The van der Waals surface area contributed by atoms with Gasteiger partial charge in [0.05, 0.1) is 19.1 Å². The Kier molecular flexibility index (Phi) is 4.22. The summed E-state index contributed by atoms with van der Waals surface area (Å²) >= 11 is 5.95. The lowest BCUT2D eigenvalue weighted by Crippen LogP contribution is -2.11. The highest BCUT2D eigenvalue weighted by molar-refractivity contribution is 6.30. The van der Waals surface area contributed by atoms with E-state index in [0.717, 1.165) is 22.3 Å². The van der Waals surface area contributed by atoms with Crippen LogP contribution in [0.25, 0.3) is 16.8 Å². The molecular weight excluding hydrogens is 262 g/mol. The third kappa shape index (κ3) is 3.35. The van der Waals surface area contributed by atoms with Gasteiger partial charge < -0.3 is 10.1 Å². The molecule has 0 radical (unpaired) electrons. The van der Waals surface area contributed by atoms with Crippen molar-refractivity contribution in [1.82, 2.24) is 9.97 Å². The van der Waals surface area contributed by atoms with E-state index in [1.54, 1.807) is 25.6 Å². The van der Waals surface area contributed by atoms with Crippen LogP contribution in [0.4, 0.5) is 5.82 Å². The van der Waals surface area contributed by atoms with Crippen LogP contribution in [-0.2, 0) is 4.74 Å². The van der Waals surface area contributed by atoms with Crippen molar-refractivity contribution in [1.29, 1.82) is 0 Å². The van der Waals surface area contributed by atoms with E-state index in [2.05, 4.69) is 29.1 Å². The molecule has 1 N–H and O–H groups in total. The van der Waals surface area contributed by atoms with Crippen molar-refractivity contribution in [2.45, 2.75) is 19.9 Å². The molecule has 0 aliphatic carbocycles. The first-order chi connectivity index (χ1) is 9.10. The molecule has 0 saturated heterocycles. The fourth-order valence-electron chi connectivity index (χ4n) is 1.75. The average Bonchev–Trinajstić information content (AvgIpc) is 2.36. The van der Waals surface area contributed by atoms with Crippen molar-refractivity contribution < 1.29 is 4.74 Å². The van der Waals surface area contributed by atoms with Gasteiger partial charge in [0, 0.05) is 23.0 Å². The minimum Gasteiger partial charge on any atom is -0.504 e. The maximum absolute atomic E-state index is 5.95. The summed E-state index contributed by atoms with van der Waals surface area (Å²) in [7, 11) is 1.60. The van der Waals surface area contributed by atoms with E-state index in [-0.39, 0.29) is 6.04 Å². The first kappa shape index (κ1) is 13.6. The molecule has 0 unspecified atom stereocenters. The summed E-state index contributed by atoms with van der Waals surface area (Å²) in [6, 6.07) is 4.04. The maximum Gasteiger partial charge on any atom is 0.134 e. The number of rotatable bonds is 4. The Balaban J connectivity index is 2.58. The molecule has 0 spiro atoms. The van der Waals surface area contributed by atoms with Crippen molar-refractivity contribution in [2.24, 2.45) is 0 Å². The molecule has 19 heavy (non-hydrogen) atoms. The normalized spacial score (nSPS) is 11.4. The van der Waals surface area contributed by atoms with Crippen LogP contribution in [-0.4, -0.2) is 23.1 Å². The van der Waals surface area contributed by atoms with Crippen LogP contribution in [0.5, 0.6) is 0 Å². The van der Waals surface area contributed by atoms with Crippen LogP contribution < -0.4 is 5.32 Å². The Bertz CT molecular complexity index is 611. The summed E-state index contributed by atoms with van der Waals surface area (Å²) in [6.45, 7) is 4.13. The largest absolute Gasteiger partial charge is 0.504 e. The Morgan fingerprint density at radius 1 is 1.37 bits per heavy atom. The third-order valence-electron chi connectivity index (χ3n) is 2.50. The standard InChI is InChI=1S/C14H16ClN3O/c1-9(2)17-14-12-7-13(15)16-8-10(12)6-11(18-14)4-5-19-3/h4-9H,1-3H3,(H,17,18)/b5-4+. The van der Waals surface area contributed by atoms with Gasteiger partial charge in [0.15, 0.2) is 0 Å². The first-order valence-electron chi connectivity index (χ1n) is 6.02. The lowest BCUT2D eigenvalue weighted by molar-refractivity contribution is 0.341. The Morgan fingerprint density at radius 3 is 2.84 bits per heavy atom. The number of hydrogen-bond donors (Lipinski definition) is 1. The van der Waals surface area contributed by atoms with Gasteiger partial charge in [0.1, 0.15) is 11.0 Å². The second-order valence-electron chi connectivity index (χ2n) is 4.46. The van der Waals surface area contributed by atoms with Gasteiger partial charge in [-0.25, -0.2) is 9.97 Å². The van der Waals surface area contributed by atoms with Crippen LogP contribution in [0.3, 0.4) is 0 Å². The first-order valence-corrected chi connectivity index (χ1v) is 6.40. The molecule has 2 rings (SSSR count). The second-order valence-corrected chi connectivity index (χ2v) is 4.85. The average molecular weight is 278 g/mol. The summed E-state index contributed by atoms with van der Waals surface area (Å²) in [5.74, 6) is 0.799. The maximum atomic E-state index is 5.95. The molecule has 2 aromatic heterocycles. The summed E-state index contributed by atoms with van der Waals surface area (Å²) in [5.41, 5.74) is 0.807. The number of methoxy groups -OCH3 is 1. The molecule has 5 heteroatoms. The monoisotopic (exact) mass is 277 g/mol. The zero-order chi connectivity index (χ0) is 13.8. The van der Waals surface area contributed by atoms with E-state index < -0.39 is 0 Å². The molecule has 0 amide bonds. The molecule has 0 fully saturated rings. The van der Waals surface area contributed by atoms with E-state index in [4.69, 9.17) is 16.3 Å². The van der Waals surface area contributed by atoms with E-state index >= 15 is 0 Å². The fraction of sp³-hybridized carbons (Fsp3) is 0.286. The van der Waals surface area contributed by atoms with Gasteiger partial charge in [-0.15, -0.1) is 0 Å². The van der Waals surface area contributed by atoms with Gasteiger partial charge >= 0.3 is 0 Å².